The zero-order chi connectivity index (χ0) is 18.3. The lowest BCUT2D eigenvalue weighted by Crippen LogP contribution is -2.46. The molecule has 2 fully saturated rings. The van der Waals surface area contributed by atoms with Gasteiger partial charge in [0.25, 0.3) is 0 Å². The van der Waals surface area contributed by atoms with Gasteiger partial charge >= 0.3 is 0 Å². The summed E-state index contributed by atoms with van der Waals surface area (Å²) < 4.78 is 0. The summed E-state index contributed by atoms with van der Waals surface area (Å²) in [5.41, 5.74) is 2.80. The molecule has 4 rings (SSSR count). The van der Waals surface area contributed by atoms with Crippen LogP contribution >= 0.6 is 0 Å². The number of fused-ring (bicyclic) bond motifs is 2. The van der Waals surface area contributed by atoms with E-state index in [0.29, 0.717) is 0 Å². The molecular weight excluding hydrogens is 330 g/mol. The molecule has 2 saturated heterocycles. The van der Waals surface area contributed by atoms with E-state index in [4.69, 9.17) is 0 Å². The summed E-state index contributed by atoms with van der Waals surface area (Å²) in [7, 11) is 0. The Morgan fingerprint density at radius 3 is 1.93 bits per heavy atom. The van der Waals surface area contributed by atoms with Gasteiger partial charge in [-0.15, -0.1) is 0 Å². The number of hydrogen-bond acceptors (Lipinski definition) is 3. The molecule has 0 aliphatic carbocycles. The van der Waals surface area contributed by atoms with Gasteiger partial charge in [-0.1, -0.05) is 60.7 Å². The van der Waals surface area contributed by atoms with Crippen molar-refractivity contribution in [2.75, 3.05) is 13.1 Å². The van der Waals surface area contributed by atoms with Crippen molar-refractivity contribution in [3.05, 3.63) is 71.8 Å². The molecule has 2 aliphatic rings. The Kier molecular flexibility index (Phi) is 6.57. The van der Waals surface area contributed by atoms with Gasteiger partial charge in [-0.2, -0.15) is 0 Å². The van der Waals surface area contributed by atoms with Crippen LogP contribution < -0.4 is 10.6 Å². The first-order chi connectivity index (χ1) is 13.3. The van der Waals surface area contributed by atoms with Crippen LogP contribution in [-0.2, 0) is 13.1 Å². The summed E-state index contributed by atoms with van der Waals surface area (Å²) >= 11 is 0. The molecule has 144 valence electrons. The monoisotopic (exact) mass is 363 g/mol. The Hall–Kier alpha value is -1.68. The Morgan fingerprint density at radius 2 is 1.37 bits per heavy atom. The van der Waals surface area contributed by atoms with E-state index in [1.165, 1.54) is 43.2 Å². The normalized spacial score (nSPS) is 24.4. The van der Waals surface area contributed by atoms with Gasteiger partial charge in [0.15, 0.2) is 0 Å². The first-order valence-corrected chi connectivity index (χ1v) is 10.6. The fourth-order valence-electron chi connectivity index (χ4n) is 4.73. The van der Waals surface area contributed by atoms with Crippen molar-refractivity contribution >= 4 is 0 Å². The fourth-order valence-corrected chi connectivity index (χ4v) is 4.73. The molecule has 3 heteroatoms. The lowest BCUT2D eigenvalue weighted by atomic mass is 10.00. The average molecular weight is 364 g/mol. The van der Waals surface area contributed by atoms with Crippen LogP contribution in [0.3, 0.4) is 0 Å². The molecule has 3 nitrogen and oxygen atoms in total. The summed E-state index contributed by atoms with van der Waals surface area (Å²) in [6.07, 6.45) is 6.59. The second-order valence-electron chi connectivity index (χ2n) is 8.30. The predicted octanol–water partition coefficient (Wildman–Crippen LogP) is 3.95. The van der Waals surface area contributed by atoms with Gasteiger partial charge in [0.05, 0.1) is 0 Å². The summed E-state index contributed by atoms with van der Waals surface area (Å²) in [5, 5.41) is 7.57. The number of nitrogens with one attached hydrogen (secondary N) is 2. The van der Waals surface area contributed by atoms with Crippen molar-refractivity contribution in [1.29, 1.82) is 0 Å². The van der Waals surface area contributed by atoms with Gasteiger partial charge < -0.3 is 10.6 Å². The zero-order valence-electron chi connectivity index (χ0n) is 16.3. The third-order valence-corrected chi connectivity index (χ3v) is 6.06. The van der Waals surface area contributed by atoms with Crippen LogP contribution in [0.2, 0.25) is 0 Å². The molecule has 27 heavy (non-hydrogen) atoms. The van der Waals surface area contributed by atoms with Crippen LogP contribution in [0, 0.1) is 0 Å². The maximum Gasteiger partial charge on any atom is 0.0237 e. The molecule has 2 unspecified atom stereocenters. The lowest BCUT2D eigenvalue weighted by molar-refractivity contribution is 0.246. The molecular formula is C24H33N3. The Balaban J connectivity index is 1.26. The highest BCUT2D eigenvalue weighted by atomic mass is 15.1. The van der Waals surface area contributed by atoms with Crippen LogP contribution in [0.5, 0.6) is 0 Å². The van der Waals surface area contributed by atoms with E-state index in [1.54, 1.807) is 0 Å². The largest absolute Gasteiger partial charge is 0.314 e. The van der Waals surface area contributed by atoms with Crippen molar-refractivity contribution < 1.29 is 0 Å². The van der Waals surface area contributed by atoms with Crippen molar-refractivity contribution in [2.45, 2.75) is 63.3 Å². The first-order valence-electron chi connectivity index (χ1n) is 10.6. The Labute approximate surface area is 164 Å². The number of nitrogens with zero attached hydrogens (tertiary/aromatic N) is 1. The second kappa shape index (κ2) is 9.50. The van der Waals surface area contributed by atoms with Crippen LogP contribution in [0.15, 0.2) is 60.7 Å². The third-order valence-electron chi connectivity index (χ3n) is 6.06. The van der Waals surface area contributed by atoms with Gasteiger partial charge in [0.1, 0.15) is 0 Å². The highest BCUT2D eigenvalue weighted by Crippen LogP contribution is 2.26. The van der Waals surface area contributed by atoms with E-state index in [-0.39, 0.29) is 0 Å². The molecule has 2 N–H and O–H groups in total. The zero-order valence-corrected chi connectivity index (χ0v) is 16.3. The number of rotatable bonds is 9. The van der Waals surface area contributed by atoms with Gasteiger partial charge in [0.2, 0.25) is 0 Å². The standard InChI is InChI=1S/C24H33N3/c1-3-8-20(9-4-1)18-27(19-21-10-5-2-6-11-21)15-7-14-25-24-16-22-12-13-23(17-24)26-22/h1-6,8-11,22-26H,7,12-19H2. The van der Waals surface area contributed by atoms with Crippen molar-refractivity contribution in [3.63, 3.8) is 0 Å². The van der Waals surface area contributed by atoms with E-state index in [0.717, 1.165) is 44.3 Å². The van der Waals surface area contributed by atoms with E-state index in [2.05, 4.69) is 76.2 Å². The maximum atomic E-state index is 3.84. The van der Waals surface area contributed by atoms with E-state index in [1.807, 2.05) is 0 Å². The summed E-state index contributed by atoms with van der Waals surface area (Å²) in [6.45, 7) is 4.30. The minimum Gasteiger partial charge on any atom is -0.314 e. The maximum absolute atomic E-state index is 3.84. The molecule has 0 spiro atoms. The minimum absolute atomic E-state index is 0.723. The Morgan fingerprint density at radius 1 is 0.815 bits per heavy atom. The summed E-state index contributed by atoms with van der Waals surface area (Å²) in [6, 6.07) is 24.0. The molecule has 2 aliphatic heterocycles. The molecule has 2 atom stereocenters. The summed E-state index contributed by atoms with van der Waals surface area (Å²) in [4.78, 5) is 2.58. The first kappa shape index (κ1) is 18.7. The number of benzene rings is 2. The smallest absolute Gasteiger partial charge is 0.0237 e. The lowest BCUT2D eigenvalue weighted by Gasteiger charge is -2.30. The van der Waals surface area contributed by atoms with Crippen molar-refractivity contribution in [2.24, 2.45) is 0 Å². The van der Waals surface area contributed by atoms with Gasteiger partial charge in [0, 0.05) is 37.8 Å². The average Bonchev–Trinajstić information content (AvgIpc) is 3.05. The third kappa shape index (κ3) is 5.65. The molecule has 0 amide bonds. The number of hydrogen-bond donors (Lipinski definition) is 2. The molecule has 2 aromatic rings. The van der Waals surface area contributed by atoms with Gasteiger partial charge in [-0.3, -0.25) is 4.90 Å². The summed E-state index contributed by atoms with van der Waals surface area (Å²) in [5.74, 6) is 0. The highest BCUT2D eigenvalue weighted by Gasteiger charge is 2.32. The molecule has 2 aromatic carbocycles. The van der Waals surface area contributed by atoms with Gasteiger partial charge in [-0.25, -0.2) is 0 Å². The van der Waals surface area contributed by atoms with E-state index < -0.39 is 0 Å². The second-order valence-corrected chi connectivity index (χ2v) is 8.30. The van der Waals surface area contributed by atoms with Crippen LogP contribution in [0.1, 0.15) is 43.2 Å². The van der Waals surface area contributed by atoms with E-state index in [9.17, 15) is 0 Å². The van der Waals surface area contributed by atoms with Crippen LogP contribution in [0.4, 0.5) is 0 Å². The van der Waals surface area contributed by atoms with Crippen molar-refractivity contribution in [1.82, 2.24) is 15.5 Å². The quantitative estimate of drug-likeness (QED) is 0.661. The topological polar surface area (TPSA) is 27.3 Å². The molecule has 2 heterocycles. The number of piperidine rings is 1. The Bertz CT molecular complexity index is 619. The van der Waals surface area contributed by atoms with Gasteiger partial charge in [-0.05, 0) is 49.8 Å². The molecule has 0 radical (unpaired) electrons. The van der Waals surface area contributed by atoms with Crippen LogP contribution in [-0.4, -0.2) is 36.1 Å². The fraction of sp³-hybridized carbons (Fsp3) is 0.500. The molecule has 2 bridgehead atoms. The van der Waals surface area contributed by atoms with Crippen molar-refractivity contribution in [3.8, 4) is 0 Å². The van der Waals surface area contributed by atoms with E-state index >= 15 is 0 Å². The SMILES string of the molecule is c1ccc(CN(CCCNC2CC3CCC(C2)N3)Cc2ccccc2)cc1. The molecule has 0 saturated carbocycles. The van der Waals surface area contributed by atoms with Crippen LogP contribution in [0.25, 0.3) is 0 Å². The molecule has 0 aromatic heterocycles. The predicted molar refractivity (Wildman–Crippen MR) is 113 cm³/mol. The highest BCUT2D eigenvalue weighted by molar-refractivity contribution is 5.17. The minimum atomic E-state index is 0.723.